The van der Waals surface area contributed by atoms with Gasteiger partial charge in [0.2, 0.25) is 5.91 Å². The van der Waals surface area contributed by atoms with E-state index in [9.17, 15) is 9.90 Å². The van der Waals surface area contributed by atoms with Gasteiger partial charge >= 0.3 is 0 Å². The molecule has 4 heteroatoms. The third-order valence-corrected chi connectivity index (χ3v) is 5.37. The molecule has 2 N–H and O–H groups in total. The van der Waals surface area contributed by atoms with Crippen molar-refractivity contribution in [1.82, 2.24) is 10.2 Å². The number of carbonyl (C=O) groups excluding carboxylic acids is 1. The number of nitrogens with one attached hydrogen (secondary N) is 1. The Kier molecular flexibility index (Phi) is 5.02. The summed E-state index contributed by atoms with van der Waals surface area (Å²) in [5.41, 5.74) is 3.40. The number of nitrogens with zero attached hydrogens (tertiary/aromatic N) is 1. The van der Waals surface area contributed by atoms with E-state index >= 15 is 0 Å². The van der Waals surface area contributed by atoms with Crippen molar-refractivity contribution in [3.63, 3.8) is 0 Å². The van der Waals surface area contributed by atoms with Crippen molar-refractivity contribution in [1.29, 1.82) is 0 Å². The summed E-state index contributed by atoms with van der Waals surface area (Å²) >= 11 is 0. The Labute approximate surface area is 138 Å². The molecule has 126 valence electrons. The third kappa shape index (κ3) is 3.93. The quantitative estimate of drug-likeness (QED) is 0.895. The highest BCUT2D eigenvalue weighted by molar-refractivity contribution is 5.78. The summed E-state index contributed by atoms with van der Waals surface area (Å²) in [6.45, 7) is 4.50. The number of carbonyl (C=O) groups is 1. The van der Waals surface area contributed by atoms with Crippen LogP contribution in [0.2, 0.25) is 0 Å². The van der Waals surface area contributed by atoms with Gasteiger partial charge in [0.15, 0.2) is 0 Å². The molecular formula is C19H28N2O2. The lowest BCUT2D eigenvalue weighted by Gasteiger charge is -2.33. The van der Waals surface area contributed by atoms with Gasteiger partial charge in [-0.05, 0) is 42.9 Å². The molecule has 23 heavy (non-hydrogen) atoms. The van der Waals surface area contributed by atoms with Gasteiger partial charge in [-0.25, -0.2) is 0 Å². The van der Waals surface area contributed by atoms with E-state index < -0.39 is 5.60 Å². The number of hydrogen-bond donors (Lipinski definition) is 2. The van der Waals surface area contributed by atoms with Crippen LogP contribution >= 0.6 is 0 Å². The lowest BCUT2D eigenvalue weighted by molar-refractivity contribution is -0.131. The summed E-state index contributed by atoms with van der Waals surface area (Å²) in [6, 6.07) is 6.33. The van der Waals surface area contributed by atoms with Gasteiger partial charge in [-0.15, -0.1) is 0 Å². The molecule has 0 aromatic heterocycles. The monoisotopic (exact) mass is 316 g/mol. The molecular weight excluding hydrogens is 288 g/mol. The lowest BCUT2D eigenvalue weighted by Crippen LogP contribution is -2.47. The molecule has 0 atom stereocenters. The molecule has 1 fully saturated rings. The lowest BCUT2D eigenvalue weighted by atomic mass is 9.85. The van der Waals surface area contributed by atoms with Crippen LogP contribution in [0, 0.1) is 6.92 Å². The summed E-state index contributed by atoms with van der Waals surface area (Å²) in [6.07, 6.45) is 6.05. The van der Waals surface area contributed by atoms with Gasteiger partial charge in [-0.2, -0.15) is 0 Å². The fraction of sp³-hybridized carbons (Fsp3) is 0.632. The topological polar surface area (TPSA) is 52.6 Å². The van der Waals surface area contributed by atoms with Crippen LogP contribution in [-0.4, -0.2) is 41.1 Å². The van der Waals surface area contributed by atoms with E-state index in [1.807, 2.05) is 4.90 Å². The van der Waals surface area contributed by atoms with Crippen LogP contribution in [0.4, 0.5) is 0 Å². The number of hydrogen-bond acceptors (Lipinski definition) is 3. The summed E-state index contributed by atoms with van der Waals surface area (Å²) in [5, 5.41) is 13.7. The molecule has 0 unspecified atom stereocenters. The van der Waals surface area contributed by atoms with Gasteiger partial charge in [0.1, 0.15) is 0 Å². The number of amides is 1. The summed E-state index contributed by atoms with van der Waals surface area (Å²) in [4.78, 5) is 14.4. The number of aliphatic hydroxyl groups is 1. The molecule has 2 aliphatic rings. The Morgan fingerprint density at radius 1 is 1.30 bits per heavy atom. The Morgan fingerprint density at radius 2 is 2.09 bits per heavy atom. The maximum atomic E-state index is 12.4. The smallest absolute Gasteiger partial charge is 0.236 e. The SMILES string of the molecule is Cc1cccc2c1CCN(C(=O)CNCC1(O)CCCCC1)C2. The molecule has 0 radical (unpaired) electrons. The predicted molar refractivity (Wildman–Crippen MR) is 91.2 cm³/mol. The van der Waals surface area contributed by atoms with Crippen LogP contribution in [0.15, 0.2) is 18.2 Å². The summed E-state index contributed by atoms with van der Waals surface area (Å²) < 4.78 is 0. The van der Waals surface area contributed by atoms with Crippen molar-refractivity contribution in [2.24, 2.45) is 0 Å². The number of aryl methyl sites for hydroxylation is 1. The van der Waals surface area contributed by atoms with Gasteiger partial charge in [0.05, 0.1) is 12.1 Å². The van der Waals surface area contributed by atoms with Gasteiger partial charge in [0, 0.05) is 19.6 Å². The molecule has 1 aromatic rings. The molecule has 1 amide bonds. The van der Waals surface area contributed by atoms with E-state index in [0.29, 0.717) is 19.6 Å². The molecule has 1 aromatic carbocycles. The average Bonchev–Trinajstić information content (AvgIpc) is 2.55. The number of fused-ring (bicyclic) bond motifs is 1. The van der Waals surface area contributed by atoms with Gasteiger partial charge in [-0.1, -0.05) is 37.5 Å². The van der Waals surface area contributed by atoms with E-state index in [2.05, 4.69) is 30.4 Å². The van der Waals surface area contributed by atoms with E-state index in [4.69, 9.17) is 0 Å². The van der Waals surface area contributed by atoms with E-state index in [1.165, 1.54) is 23.1 Å². The minimum atomic E-state index is -0.607. The van der Waals surface area contributed by atoms with Crippen LogP contribution in [0.1, 0.15) is 48.8 Å². The maximum absolute atomic E-state index is 12.4. The Morgan fingerprint density at radius 3 is 2.87 bits per heavy atom. The van der Waals surface area contributed by atoms with Crippen molar-refractivity contribution < 1.29 is 9.90 Å². The average molecular weight is 316 g/mol. The second kappa shape index (κ2) is 7.02. The number of rotatable bonds is 4. The van der Waals surface area contributed by atoms with Crippen LogP contribution < -0.4 is 5.32 Å². The Bertz CT molecular complexity index is 564. The van der Waals surface area contributed by atoms with Crippen molar-refractivity contribution in [2.45, 2.75) is 57.6 Å². The highest BCUT2D eigenvalue weighted by Crippen LogP contribution is 2.27. The largest absolute Gasteiger partial charge is 0.389 e. The van der Waals surface area contributed by atoms with Crippen molar-refractivity contribution in [3.8, 4) is 0 Å². The van der Waals surface area contributed by atoms with Crippen LogP contribution in [-0.2, 0) is 17.8 Å². The molecule has 4 nitrogen and oxygen atoms in total. The zero-order valence-electron chi connectivity index (χ0n) is 14.1. The first-order valence-electron chi connectivity index (χ1n) is 8.86. The highest BCUT2D eigenvalue weighted by Gasteiger charge is 2.29. The van der Waals surface area contributed by atoms with Gasteiger partial charge in [-0.3, -0.25) is 4.79 Å². The first kappa shape index (κ1) is 16.5. The first-order chi connectivity index (χ1) is 11.1. The molecule has 1 aliphatic carbocycles. The van der Waals surface area contributed by atoms with E-state index in [0.717, 1.165) is 38.6 Å². The maximum Gasteiger partial charge on any atom is 0.236 e. The van der Waals surface area contributed by atoms with E-state index in [1.54, 1.807) is 0 Å². The second-order valence-electron chi connectivity index (χ2n) is 7.17. The molecule has 3 rings (SSSR count). The zero-order valence-corrected chi connectivity index (χ0v) is 14.1. The fourth-order valence-electron chi connectivity index (χ4n) is 3.91. The minimum absolute atomic E-state index is 0.136. The third-order valence-electron chi connectivity index (χ3n) is 5.37. The molecule has 0 saturated heterocycles. The van der Waals surface area contributed by atoms with Gasteiger partial charge in [0.25, 0.3) is 0 Å². The Balaban J connectivity index is 1.49. The fourth-order valence-corrected chi connectivity index (χ4v) is 3.91. The van der Waals surface area contributed by atoms with E-state index in [-0.39, 0.29) is 5.91 Å². The standard InChI is InChI=1S/C19H28N2O2/c1-15-6-5-7-16-13-21(11-8-17(15)16)18(22)12-20-14-19(23)9-3-2-4-10-19/h5-7,20,23H,2-4,8-14H2,1H3. The molecule has 0 spiro atoms. The van der Waals surface area contributed by atoms with Crippen LogP contribution in [0.25, 0.3) is 0 Å². The molecule has 1 aliphatic heterocycles. The molecule has 1 heterocycles. The summed E-state index contributed by atoms with van der Waals surface area (Å²) in [7, 11) is 0. The zero-order chi connectivity index (χ0) is 16.3. The minimum Gasteiger partial charge on any atom is -0.389 e. The van der Waals surface area contributed by atoms with Gasteiger partial charge < -0.3 is 15.3 Å². The Hall–Kier alpha value is -1.39. The molecule has 0 bridgehead atoms. The normalized spacial score (nSPS) is 20.2. The van der Waals surface area contributed by atoms with Crippen LogP contribution in [0.5, 0.6) is 0 Å². The number of benzene rings is 1. The predicted octanol–water partition coefficient (Wildman–Crippen LogP) is 2.16. The van der Waals surface area contributed by atoms with Crippen molar-refractivity contribution in [2.75, 3.05) is 19.6 Å². The highest BCUT2D eigenvalue weighted by atomic mass is 16.3. The first-order valence-corrected chi connectivity index (χ1v) is 8.86. The second-order valence-corrected chi connectivity index (χ2v) is 7.17. The molecule has 1 saturated carbocycles. The van der Waals surface area contributed by atoms with Crippen LogP contribution in [0.3, 0.4) is 0 Å². The van der Waals surface area contributed by atoms with Crippen molar-refractivity contribution >= 4 is 5.91 Å². The summed E-state index contributed by atoms with van der Waals surface area (Å²) in [5.74, 6) is 0.136. The van der Waals surface area contributed by atoms with Crippen molar-refractivity contribution in [3.05, 3.63) is 34.9 Å².